The second-order valence-corrected chi connectivity index (χ2v) is 5.16. The van der Waals surface area contributed by atoms with Gasteiger partial charge in [-0.1, -0.05) is 12.1 Å². The third kappa shape index (κ3) is 4.06. The normalized spacial score (nSPS) is 15.5. The monoisotopic (exact) mass is 275 g/mol. The Morgan fingerprint density at radius 1 is 1.25 bits per heavy atom. The minimum atomic E-state index is -0.214. The Morgan fingerprint density at radius 2 is 1.90 bits per heavy atom. The molecule has 1 aliphatic rings. The molecule has 0 saturated heterocycles. The van der Waals surface area contributed by atoms with Crippen molar-refractivity contribution in [2.24, 2.45) is 0 Å². The van der Waals surface area contributed by atoms with E-state index in [1.807, 2.05) is 19.1 Å². The molecule has 0 bridgehead atoms. The van der Waals surface area contributed by atoms with Gasteiger partial charge in [-0.25, -0.2) is 0 Å². The van der Waals surface area contributed by atoms with Gasteiger partial charge in [0.25, 0.3) is 5.91 Å². The Labute approximate surface area is 119 Å². The Bertz CT molecular complexity index is 480. The van der Waals surface area contributed by atoms with E-state index in [-0.39, 0.29) is 17.9 Å². The second-order valence-electron chi connectivity index (χ2n) is 5.16. The molecule has 5 heteroatoms. The first-order valence-electron chi connectivity index (χ1n) is 6.95. The lowest BCUT2D eigenvalue weighted by Crippen LogP contribution is -2.42. The Kier molecular flexibility index (Phi) is 4.74. The fourth-order valence-corrected chi connectivity index (χ4v) is 1.84. The highest BCUT2D eigenvalue weighted by atomic mass is 16.2. The molecule has 1 aromatic carbocycles. The van der Waals surface area contributed by atoms with Gasteiger partial charge in [0.05, 0.1) is 6.04 Å². The van der Waals surface area contributed by atoms with Crippen LogP contribution in [0, 0.1) is 0 Å². The summed E-state index contributed by atoms with van der Waals surface area (Å²) in [7, 11) is 1.61. The van der Waals surface area contributed by atoms with Gasteiger partial charge in [0, 0.05) is 25.2 Å². The third-order valence-electron chi connectivity index (χ3n) is 3.37. The summed E-state index contributed by atoms with van der Waals surface area (Å²) in [5.74, 6) is -0.0452. The zero-order valence-electron chi connectivity index (χ0n) is 11.9. The van der Waals surface area contributed by atoms with Crippen molar-refractivity contribution in [2.45, 2.75) is 38.4 Å². The van der Waals surface area contributed by atoms with Crippen LogP contribution < -0.4 is 16.0 Å². The lowest BCUT2D eigenvalue weighted by molar-refractivity contribution is -0.122. The van der Waals surface area contributed by atoms with Gasteiger partial charge in [-0.15, -0.1) is 0 Å². The smallest absolute Gasteiger partial charge is 0.251 e. The second kappa shape index (κ2) is 6.52. The molecule has 2 rings (SSSR count). The number of carbonyl (C=O) groups excluding carboxylic acids is 2. The molecule has 0 heterocycles. The highest BCUT2D eigenvalue weighted by Crippen LogP contribution is 2.18. The molecule has 1 atom stereocenters. The predicted molar refractivity (Wildman–Crippen MR) is 77.3 cm³/mol. The van der Waals surface area contributed by atoms with Crippen LogP contribution in [0.3, 0.4) is 0 Å². The van der Waals surface area contributed by atoms with Gasteiger partial charge < -0.3 is 16.0 Å². The highest BCUT2D eigenvalue weighted by Gasteiger charge is 2.25. The van der Waals surface area contributed by atoms with Crippen molar-refractivity contribution in [3.8, 4) is 0 Å². The van der Waals surface area contributed by atoms with Crippen LogP contribution in [-0.4, -0.2) is 30.9 Å². The van der Waals surface area contributed by atoms with Crippen molar-refractivity contribution < 1.29 is 9.59 Å². The molecule has 1 aliphatic carbocycles. The molecule has 0 spiro atoms. The minimum absolute atomic E-state index is 0.0504. The molecule has 3 N–H and O–H groups in total. The van der Waals surface area contributed by atoms with E-state index in [1.54, 1.807) is 19.2 Å². The maximum absolute atomic E-state index is 11.8. The molecule has 1 saturated carbocycles. The van der Waals surface area contributed by atoms with Gasteiger partial charge in [-0.2, -0.15) is 0 Å². The fraction of sp³-hybridized carbons (Fsp3) is 0.467. The lowest BCUT2D eigenvalue weighted by Gasteiger charge is -2.14. The number of hydrogen-bond acceptors (Lipinski definition) is 3. The maximum Gasteiger partial charge on any atom is 0.251 e. The molecular weight excluding hydrogens is 254 g/mol. The van der Waals surface area contributed by atoms with Gasteiger partial charge in [0.15, 0.2) is 0 Å². The fourth-order valence-electron chi connectivity index (χ4n) is 1.84. The molecule has 0 aromatic heterocycles. The van der Waals surface area contributed by atoms with Crippen LogP contribution in [0.5, 0.6) is 0 Å². The summed E-state index contributed by atoms with van der Waals surface area (Å²) in [6, 6.07) is 7.52. The van der Waals surface area contributed by atoms with Crippen molar-refractivity contribution in [1.82, 2.24) is 16.0 Å². The summed E-state index contributed by atoms with van der Waals surface area (Å²) in [6.07, 6.45) is 2.19. The van der Waals surface area contributed by atoms with Crippen molar-refractivity contribution >= 4 is 11.8 Å². The first-order valence-corrected chi connectivity index (χ1v) is 6.95. The van der Waals surface area contributed by atoms with Crippen LogP contribution >= 0.6 is 0 Å². The van der Waals surface area contributed by atoms with E-state index in [2.05, 4.69) is 16.0 Å². The summed E-state index contributed by atoms with van der Waals surface area (Å²) >= 11 is 0. The van der Waals surface area contributed by atoms with Crippen molar-refractivity contribution in [3.63, 3.8) is 0 Å². The molecule has 0 aliphatic heterocycles. The van der Waals surface area contributed by atoms with Crippen molar-refractivity contribution in [3.05, 3.63) is 35.4 Å². The first-order chi connectivity index (χ1) is 9.60. The number of rotatable bonds is 6. The molecule has 20 heavy (non-hydrogen) atoms. The molecule has 2 amide bonds. The van der Waals surface area contributed by atoms with Crippen LogP contribution in [0.4, 0.5) is 0 Å². The average Bonchev–Trinajstić information content (AvgIpc) is 3.28. The van der Waals surface area contributed by atoms with Crippen LogP contribution in [0.25, 0.3) is 0 Å². The molecular formula is C15H21N3O2. The van der Waals surface area contributed by atoms with Crippen LogP contribution in [-0.2, 0) is 11.3 Å². The highest BCUT2D eigenvalue weighted by molar-refractivity contribution is 5.93. The zero-order valence-corrected chi connectivity index (χ0v) is 11.9. The van der Waals surface area contributed by atoms with Gasteiger partial charge in [0.1, 0.15) is 0 Å². The molecule has 0 radical (unpaired) electrons. The van der Waals surface area contributed by atoms with Gasteiger partial charge in [0.2, 0.25) is 5.91 Å². The number of nitrogens with one attached hydrogen (secondary N) is 3. The number of hydrogen-bond donors (Lipinski definition) is 3. The number of benzene rings is 1. The summed E-state index contributed by atoms with van der Waals surface area (Å²) < 4.78 is 0. The standard InChI is InChI=1S/C15H21N3O2/c1-10(14(19)18-13-7-8-13)17-9-11-3-5-12(6-4-11)15(20)16-2/h3-6,10,13,17H,7-9H2,1-2H3,(H,16,20)(H,18,19). The molecule has 1 fully saturated rings. The molecule has 1 unspecified atom stereocenters. The van der Waals surface area contributed by atoms with E-state index in [0.717, 1.165) is 18.4 Å². The average molecular weight is 275 g/mol. The summed E-state index contributed by atoms with van der Waals surface area (Å²) in [4.78, 5) is 23.2. The quantitative estimate of drug-likeness (QED) is 0.719. The zero-order chi connectivity index (χ0) is 14.5. The minimum Gasteiger partial charge on any atom is -0.355 e. The van der Waals surface area contributed by atoms with Crippen LogP contribution in [0.15, 0.2) is 24.3 Å². The van der Waals surface area contributed by atoms with Crippen LogP contribution in [0.1, 0.15) is 35.7 Å². The van der Waals surface area contributed by atoms with E-state index in [4.69, 9.17) is 0 Å². The van der Waals surface area contributed by atoms with E-state index in [0.29, 0.717) is 18.2 Å². The summed E-state index contributed by atoms with van der Waals surface area (Å²) in [5, 5.41) is 8.73. The van der Waals surface area contributed by atoms with Gasteiger partial charge in [-0.05, 0) is 37.5 Å². The molecule has 5 nitrogen and oxygen atoms in total. The van der Waals surface area contributed by atoms with E-state index < -0.39 is 0 Å². The Balaban J connectivity index is 1.80. The van der Waals surface area contributed by atoms with Gasteiger partial charge >= 0.3 is 0 Å². The number of carbonyl (C=O) groups is 2. The maximum atomic E-state index is 11.8. The largest absolute Gasteiger partial charge is 0.355 e. The Morgan fingerprint density at radius 3 is 2.45 bits per heavy atom. The number of amides is 2. The molecule has 1 aromatic rings. The van der Waals surface area contributed by atoms with E-state index >= 15 is 0 Å². The van der Waals surface area contributed by atoms with E-state index in [1.165, 1.54) is 0 Å². The van der Waals surface area contributed by atoms with Gasteiger partial charge in [-0.3, -0.25) is 9.59 Å². The topological polar surface area (TPSA) is 70.2 Å². The van der Waals surface area contributed by atoms with Crippen molar-refractivity contribution in [1.29, 1.82) is 0 Å². The molecule has 108 valence electrons. The van der Waals surface area contributed by atoms with E-state index in [9.17, 15) is 9.59 Å². The Hall–Kier alpha value is -1.88. The first kappa shape index (κ1) is 14.5. The summed E-state index contributed by atoms with van der Waals surface area (Å²) in [6.45, 7) is 2.46. The third-order valence-corrected chi connectivity index (χ3v) is 3.37. The summed E-state index contributed by atoms with van der Waals surface area (Å²) in [5.41, 5.74) is 1.68. The van der Waals surface area contributed by atoms with Crippen LogP contribution in [0.2, 0.25) is 0 Å². The lowest BCUT2D eigenvalue weighted by atomic mass is 10.1. The SMILES string of the molecule is CNC(=O)c1ccc(CNC(C)C(=O)NC2CC2)cc1. The van der Waals surface area contributed by atoms with Crippen molar-refractivity contribution in [2.75, 3.05) is 7.05 Å². The predicted octanol–water partition coefficient (Wildman–Crippen LogP) is 0.803.